The number of carbonyl (C=O) groups is 2. The van der Waals surface area contributed by atoms with Gasteiger partial charge in [-0.05, 0) is 56.5 Å². The van der Waals surface area contributed by atoms with Crippen molar-refractivity contribution in [2.45, 2.75) is 64.8 Å². The first-order valence-corrected chi connectivity index (χ1v) is 12.4. The molecule has 0 bridgehead atoms. The molecule has 0 saturated carbocycles. The molecule has 3 atom stereocenters. The van der Waals surface area contributed by atoms with E-state index in [0.717, 1.165) is 34.1 Å². The van der Waals surface area contributed by atoms with E-state index < -0.39 is 12.1 Å². The summed E-state index contributed by atoms with van der Waals surface area (Å²) in [5, 5.41) is 1.10. The van der Waals surface area contributed by atoms with Gasteiger partial charge in [0.15, 0.2) is 11.5 Å². The van der Waals surface area contributed by atoms with Crippen LogP contribution in [0.4, 0.5) is 0 Å². The maximum Gasteiger partial charge on any atom is 0.246 e. The molecule has 2 amide bonds. The van der Waals surface area contributed by atoms with Crippen LogP contribution in [0.2, 0.25) is 0 Å². The van der Waals surface area contributed by atoms with E-state index in [9.17, 15) is 9.59 Å². The summed E-state index contributed by atoms with van der Waals surface area (Å²) in [6.07, 6.45) is 1.31. The zero-order valence-electron chi connectivity index (χ0n) is 21.0. The molecule has 0 radical (unpaired) electrons. The number of amides is 2. The highest BCUT2D eigenvalue weighted by atomic mass is 16.5. The van der Waals surface area contributed by atoms with E-state index in [1.165, 1.54) is 0 Å². The highest BCUT2D eigenvalue weighted by Gasteiger charge is 2.49. The smallest absolute Gasteiger partial charge is 0.246 e. The molecule has 2 aliphatic heterocycles. The monoisotopic (exact) mass is 475 g/mol. The topological polar surface area (TPSA) is 74.9 Å². The predicted octanol–water partition coefficient (Wildman–Crippen LogP) is 4.45. The van der Waals surface area contributed by atoms with Crippen molar-refractivity contribution in [3.63, 3.8) is 0 Å². The molecule has 1 fully saturated rings. The van der Waals surface area contributed by atoms with Gasteiger partial charge in [-0.1, -0.05) is 31.2 Å². The van der Waals surface area contributed by atoms with Crippen molar-refractivity contribution in [1.82, 2.24) is 14.8 Å². The van der Waals surface area contributed by atoms with Gasteiger partial charge in [-0.2, -0.15) is 0 Å². The second-order valence-corrected chi connectivity index (χ2v) is 9.79. The van der Waals surface area contributed by atoms with Crippen LogP contribution in [0.25, 0.3) is 10.9 Å². The minimum atomic E-state index is -0.542. The molecular formula is C28H33N3O4. The Morgan fingerprint density at radius 1 is 1.09 bits per heavy atom. The number of nitrogens with zero attached hydrogens (tertiary/aromatic N) is 2. The quantitative estimate of drug-likeness (QED) is 0.572. The lowest BCUT2D eigenvalue weighted by Gasteiger charge is -2.48. The Morgan fingerprint density at radius 3 is 2.57 bits per heavy atom. The van der Waals surface area contributed by atoms with Gasteiger partial charge in [-0.25, -0.2) is 0 Å². The van der Waals surface area contributed by atoms with Crippen LogP contribution in [0.1, 0.15) is 57.0 Å². The Kier molecular flexibility index (Phi) is 5.95. The van der Waals surface area contributed by atoms with Crippen molar-refractivity contribution in [2.24, 2.45) is 0 Å². The molecule has 5 rings (SSSR count). The van der Waals surface area contributed by atoms with Gasteiger partial charge in [0, 0.05) is 29.1 Å². The highest BCUT2D eigenvalue weighted by Crippen LogP contribution is 2.44. The molecule has 0 unspecified atom stereocenters. The van der Waals surface area contributed by atoms with Crippen molar-refractivity contribution in [3.8, 4) is 11.5 Å². The number of para-hydroxylation sites is 1. The first kappa shape index (κ1) is 23.3. The summed E-state index contributed by atoms with van der Waals surface area (Å²) in [6, 6.07) is 13.0. The number of methoxy groups -OCH3 is 1. The van der Waals surface area contributed by atoms with E-state index >= 15 is 0 Å². The number of hydrogen-bond donors (Lipinski definition) is 1. The third kappa shape index (κ3) is 3.83. The molecule has 7 nitrogen and oxygen atoms in total. The van der Waals surface area contributed by atoms with Crippen LogP contribution in [-0.2, 0) is 16.0 Å². The third-order valence-corrected chi connectivity index (χ3v) is 7.28. The highest BCUT2D eigenvalue weighted by molar-refractivity contribution is 5.97. The van der Waals surface area contributed by atoms with E-state index in [-0.39, 0.29) is 30.5 Å². The number of fused-ring (bicyclic) bond motifs is 4. The van der Waals surface area contributed by atoms with E-state index in [1.54, 1.807) is 16.9 Å². The predicted molar refractivity (Wildman–Crippen MR) is 135 cm³/mol. The van der Waals surface area contributed by atoms with Crippen molar-refractivity contribution in [2.75, 3.05) is 13.7 Å². The van der Waals surface area contributed by atoms with Gasteiger partial charge in [0.2, 0.25) is 11.8 Å². The first-order valence-electron chi connectivity index (χ1n) is 12.4. The standard InChI is InChI=1S/C28H33N3O4/c1-6-17(4)30-15-25(32)31-22(28(30)33)14-20-19-9-7-8-10-21(19)29-26(20)27(31)18-11-12-23(35-16(2)3)24(13-18)34-5/h7-13,16-17,22,27,29H,6,14-15H2,1-5H3/t17-,22-,27+/m0/s1. The van der Waals surface area contributed by atoms with Crippen LogP contribution < -0.4 is 9.47 Å². The summed E-state index contributed by atoms with van der Waals surface area (Å²) in [5.41, 5.74) is 3.95. The Labute approximate surface area is 206 Å². The maximum atomic E-state index is 13.7. The SMILES string of the molecule is CC[C@H](C)N1CC(=O)N2[C@H](c3ccc(OC(C)C)c(OC)c3)c3[nH]c4ccccc4c3C[C@H]2C1=O. The van der Waals surface area contributed by atoms with Gasteiger partial charge in [0.1, 0.15) is 12.6 Å². The minimum Gasteiger partial charge on any atom is -0.493 e. The Balaban J connectivity index is 1.67. The fraction of sp³-hybridized carbons (Fsp3) is 0.429. The molecule has 0 spiro atoms. The Hall–Kier alpha value is -3.48. The van der Waals surface area contributed by atoms with Crippen molar-refractivity contribution < 1.29 is 19.1 Å². The largest absolute Gasteiger partial charge is 0.493 e. The maximum absolute atomic E-state index is 13.7. The number of rotatable bonds is 6. The molecule has 2 aromatic carbocycles. The summed E-state index contributed by atoms with van der Waals surface area (Å²) in [7, 11) is 1.62. The molecule has 1 saturated heterocycles. The summed E-state index contributed by atoms with van der Waals surface area (Å²) >= 11 is 0. The molecule has 2 aliphatic rings. The number of benzene rings is 2. The van der Waals surface area contributed by atoms with Crippen LogP contribution in [0, 0.1) is 0 Å². The third-order valence-electron chi connectivity index (χ3n) is 7.28. The molecule has 0 aliphatic carbocycles. The van der Waals surface area contributed by atoms with Crippen LogP contribution in [0.3, 0.4) is 0 Å². The lowest BCUT2D eigenvalue weighted by molar-refractivity contribution is -0.160. The van der Waals surface area contributed by atoms with Gasteiger partial charge in [-0.15, -0.1) is 0 Å². The van der Waals surface area contributed by atoms with Gasteiger partial charge in [0.05, 0.1) is 19.3 Å². The van der Waals surface area contributed by atoms with Crippen molar-refractivity contribution in [3.05, 3.63) is 59.3 Å². The minimum absolute atomic E-state index is 0.00181. The molecule has 184 valence electrons. The number of piperazine rings is 1. The van der Waals surface area contributed by atoms with Crippen LogP contribution in [0.5, 0.6) is 11.5 Å². The summed E-state index contributed by atoms with van der Waals surface area (Å²) in [4.78, 5) is 34.5. The first-order chi connectivity index (χ1) is 16.8. The van der Waals surface area contributed by atoms with Gasteiger partial charge >= 0.3 is 0 Å². The number of aromatic amines is 1. The molecule has 35 heavy (non-hydrogen) atoms. The van der Waals surface area contributed by atoms with Crippen molar-refractivity contribution >= 4 is 22.7 Å². The second kappa shape index (κ2) is 8.95. The van der Waals surface area contributed by atoms with Gasteiger partial charge in [-0.3, -0.25) is 9.59 Å². The number of ether oxygens (including phenoxy) is 2. The van der Waals surface area contributed by atoms with E-state index in [4.69, 9.17) is 9.47 Å². The van der Waals surface area contributed by atoms with Gasteiger partial charge < -0.3 is 24.3 Å². The zero-order chi connectivity index (χ0) is 24.9. The lowest BCUT2D eigenvalue weighted by Crippen LogP contribution is -2.64. The molecule has 1 N–H and O–H groups in total. The van der Waals surface area contributed by atoms with Crippen molar-refractivity contribution in [1.29, 1.82) is 0 Å². The number of carbonyl (C=O) groups excluding carboxylic acids is 2. The summed E-state index contributed by atoms with van der Waals surface area (Å²) in [5.74, 6) is 1.24. The second-order valence-electron chi connectivity index (χ2n) is 9.79. The van der Waals surface area contributed by atoms with E-state index in [2.05, 4.69) is 11.1 Å². The fourth-order valence-corrected chi connectivity index (χ4v) is 5.43. The average Bonchev–Trinajstić information content (AvgIpc) is 3.23. The molecule has 1 aromatic heterocycles. The average molecular weight is 476 g/mol. The number of nitrogens with one attached hydrogen (secondary N) is 1. The summed E-state index contributed by atoms with van der Waals surface area (Å²) in [6.45, 7) is 8.09. The normalized spacial score (nSPS) is 20.7. The fourth-order valence-electron chi connectivity index (χ4n) is 5.43. The van der Waals surface area contributed by atoms with Gasteiger partial charge in [0.25, 0.3) is 0 Å². The Bertz CT molecular complexity index is 1280. The van der Waals surface area contributed by atoms with E-state index in [1.807, 2.05) is 64.1 Å². The zero-order valence-corrected chi connectivity index (χ0v) is 21.0. The molecular weight excluding hydrogens is 442 g/mol. The molecule has 7 heteroatoms. The van der Waals surface area contributed by atoms with Crippen LogP contribution in [0.15, 0.2) is 42.5 Å². The van der Waals surface area contributed by atoms with E-state index in [0.29, 0.717) is 17.9 Å². The number of hydrogen-bond acceptors (Lipinski definition) is 4. The number of H-pyrrole nitrogens is 1. The van der Waals surface area contributed by atoms with Crippen LogP contribution in [-0.4, -0.2) is 58.4 Å². The molecule has 3 aromatic rings. The molecule has 3 heterocycles. The van der Waals surface area contributed by atoms with Crippen LogP contribution >= 0.6 is 0 Å². The number of aromatic nitrogens is 1. The lowest BCUT2D eigenvalue weighted by atomic mass is 9.85. The summed E-state index contributed by atoms with van der Waals surface area (Å²) < 4.78 is 11.6. The Morgan fingerprint density at radius 2 is 1.86 bits per heavy atom.